The van der Waals surface area contributed by atoms with E-state index in [1.165, 1.54) is 24.8 Å². The Morgan fingerprint density at radius 2 is 1.89 bits per heavy atom. The maximum atomic E-state index is 12.3. The highest BCUT2D eigenvalue weighted by atomic mass is 16.1. The zero-order valence-electron chi connectivity index (χ0n) is 10.7. The smallest absolute Gasteiger partial charge is 0.213 e. The van der Waals surface area contributed by atoms with Crippen molar-refractivity contribution in [2.75, 3.05) is 5.73 Å². The molecular formula is C16H16N2O. The molecule has 96 valence electrons. The predicted molar refractivity (Wildman–Crippen MR) is 75.1 cm³/mol. The lowest BCUT2D eigenvalue weighted by Crippen LogP contribution is -2.10. The summed E-state index contributed by atoms with van der Waals surface area (Å²) < 4.78 is 0. The summed E-state index contributed by atoms with van der Waals surface area (Å²) in [7, 11) is 0. The third kappa shape index (κ3) is 2.24. The van der Waals surface area contributed by atoms with Gasteiger partial charge in [-0.2, -0.15) is 0 Å². The van der Waals surface area contributed by atoms with Gasteiger partial charge in [0.1, 0.15) is 5.69 Å². The number of benzene rings is 1. The fraction of sp³-hybridized carbons (Fsp3) is 0.250. The normalized spacial score (nSPS) is 14.9. The SMILES string of the molecule is Nc1cccnc1C(=O)c1ccc(C2CCC2)cc1. The van der Waals surface area contributed by atoms with Gasteiger partial charge in [-0.15, -0.1) is 0 Å². The minimum Gasteiger partial charge on any atom is -0.397 e. The molecular weight excluding hydrogens is 236 g/mol. The van der Waals surface area contributed by atoms with Crippen molar-refractivity contribution >= 4 is 11.5 Å². The van der Waals surface area contributed by atoms with Gasteiger partial charge in [0, 0.05) is 11.8 Å². The van der Waals surface area contributed by atoms with Gasteiger partial charge in [-0.05, 0) is 36.5 Å². The van der Waals surface area contributed by atoms with Crippen LogP contribution in [0.1, 0.15) is 46.8 Å². The number of anilines is 1. The summed E-state index contributed by atoms with van der Waals surface area (Å²) in [6.45, 7) is 0. The summed E-state index contributed by atoms with van der Waals surface area (Å²) in [6.07, 6.45) is 5.43. The standard InChI is InChI=1S/C16H16N2O/c17-14-5-2-10-18-15(14)16(19)13-8-6-12(7-9-13)11-3-1-4-11/h2,5-11H,1,3-4,17H2. The summed E-state index contributed by atoms with van der Waals surface area (Å²) >= 11 is 0. The fourth-order valence-electron chi connectivity index (χ4n) is 2.39. The van der Waals surface area contributed by atoms with Gasteiger partial charge < -0.3 is 5.73 Å². The average molecular weight is 252 g/mol. The van der Waals surface area contributed by atoms with Crippen molar-refractivity contribution in [3.63, 3.8) is 0 Å². The second kappa shape index (κ2) is 4.84. The van der Waals surface area contributed by atoms with E-state index in [2.05, 4.69) is 17.1 Å². The summed E-state index contributed by atoms with van der Waals surface area (Å²) in [4.78, 5) is 16.4. The molecule has 1 aromatic heterocycles. The third-order valence-electron chi connectivity index (χ3n) is 3.80. The van der Waals surface area contributed by atoms with Crippen LogP contribution in [0.2, 0.25) is 0 Å². The molecule has 0 radical (unpaired) electrons. The average Bonchev–Trinajstić information content (AvgIpc) is 2.37. The second-order valence-corrected chi connectivity index (χ2v) is 5.02. The number of nitrogen functional groups attached to an aromatic ring is 1. The van der Waals surface area contributed by atoms with E-state index in [-0.39, 0.29) is 5.78 Å². The Labute approximate surface area is 112 Å². The van der Waals surface area contributed by atoms with E-state index in [4.69, 9.17) is 5.73 Å². The number of aromatic nitrogens is 1. The van der Waals surface area contributed by atoms with Crippen LogP contribution in [0.25, 0.3) is 0 Å². The van der Waals surface area contributed by atoms with Crippen molar-refractivity contribution in [1.29, 1.82) is 0 Å². The molecule has 2 aromatic rings. The molecule has 0 bridgehead atoms. The summed E-state index contributed by atoms with van der Waals surface area (Å²) in [5, 5.41) is 0. The Balaban J connectivity index is 1.86. The molecule has 3 rings (SSSR count). The summed E-state index contributed by atoms with van der Waals surface area (Å²) in [5.41, 5.74) is 8.52. The van der Waals surface area contributed by atoms with Crippen LogP contribution in [0.4, 0.5) is 5.69 Å². The zero-order valence-corrected chi connectivity index (χ0v) is 10.7. The molecule has 0 unspecified atom stereocenters. The maximum Gasteiger partial charge on any atom is 0.213 e. The van der Waals surface area contributed by atoms with Gasteiger partial charge in [0.25, 0.3) is 0 Å². The molecule has 0 spiro atoms. The molecule has 0 atom stereocenters. The third-order valence-corrected chi connectivity index (χ3v) is 3.80. The van der Waals surface area contributed by atoms with Crippen molar-refractivity contribution in [2.24, 2.45) is 0 Å². The molecule has 1 heterocycles. The highest BCUT2D eigenvalue weighted by Gasteiger charge is 2.20. The quantitative estimate of drug-likeness (QED) is 0.854. The lowest BCUT2D eigenvalue weighted by molar-refractivity contribution is 0.103. The largest absolute Gasteiger partial charge is 0.397 e. The fourth-order valence-corrected chi connectivity index (χ4v) is 2.39. The van der Waals surface area contributed by atoms with Crippen LogP contribution in [-0.4, -0.2) is 10.8 Å². The number of carbonyl (C=O) groups is 1. The number of hydrogen-bond donors (Lipinski definition) is 1. The van der Waals surface area contributed by atoms with Gasteiger partial charge in [-0.1, -0.05) is 30.7 Å². The summed E-state index contributed by atoms with van der Waals surface area (Å²) in [6, 6.07) is 11.3. The van der Waals surface area contributed by atoms with E-state index < -0.39 is 0 Å². The number of rotatable bonds is 3. The number of nitrogens with two attached hydrogens (primary N) is 1. The lowest BCUT2D eigenvalue weighted by Gasteiger charge is -2.25. The predicted octanol–water partition coefficient (Wildman–Crippen LogP) is 3.16. The number of ketones is 1. The maximum absolute atomic E-state index is 12.3. The van der Waals surface area contributed by atoms with E-state index in [1.54, 1.807) is 18.3 Å². The minimum absolute atomic E-state index is 0.113. The van der Waals surface area contributed by atoms with E-state index in [9.17, 15) is 4.79 Å². The molecule has 1 aromatic carbocycles. The van der Waals surface area contributed by atoms with Crippen LogP contribution < -0.4 is 5.73 Å². The van der Waals surface area contributed by atoms with Crippen LogP contribution in [0.15, 0.2) is 42.6 Å². The number of hydrogen-bond acceptors (Lipinski definition) is 3. The van der Waals surface area contributed by atoms with Crippen molar-refractivity contribution < 1.29 is 4.79 Å². The first kappa shape index (κ1) is 11.9. The molecule has 0 saturated heterocycles. The number of pyridine rings is 1. The topological polar surface area (TPSA) is 56.0 Å². The van der Waals surface area contributed by atoms with E-state index in [0.29, 0.717) is 22.9 Å². The van der Waals surface area contributed by atoms with Gasteiger partial charge in [0.05, 0.1) is 5.69 Å². The monoisotopic (exact) mass is 252 g/mol. The van der Waals surface area contributed by atoms with Crippen LogP contribution in [0.5, 0.6) is 0 Å². The van der Waals surface area contributed by atoms with Gasteiger partial charge in [-0.25, -0.2) is 0 Å². The Hall–Kier alpha value is -2.16. The van der Waals surface area contributed by atoms with Gasteiger partial charge in [0.15, 0.2) is 0 Å². The molecule has 1 aliphatic rings. The first-order valence-electron chi connectivity index (χ1n) is 6.61. The van der Waals surface area contributed by atoms with Crippen molar-refractivity contribution in [2.45, 2.75) is 25.2 Å². The van der Waals surface area contributed by atoms with Gasteiger partial charge in [0.2, 0.25) is 5.78 Å². The van der Waals surface area contributed by atoms with Crippen LogP contribution in [-0.2, 0) is 0 Å². The molecule has 1 saturated carbocycles. The Bertz CT molecular complexity index is 600. The molecule has 1 aliphatic carbocycles. The molecule has 19 heavy (non-hydrogen) atoms. The van der Waals surface area contributed by atoms with Crippen LogP contribution >= 0.6 is 0 Å². The summed E-state index contributed by atoms with van der Waals surface area (Å²) in [5.74, 6) is 0.572. The Morgan fingerprint density at radius 1 is 1.16 bits per heavy atom. The molecule has 2 N–H and O–H groups in total. The van der Waals surface area contributed by atoms with Crippen molar-refractivity contribution in [1.82, 2.24) is 4.98 Å². The van der Waals surface area contributed by atoms with E-state index in [1.807, 2.05) is 12.1 Å². The molecule has 1 fully saturated rings. The Morgan fingerprint density at radius 3 is 2.47 bits per heavy atom. The first-order valence-corrected chi connectivity index (χ1v) is 6.61. The number of nitrogens with zero attached hydrogens (tertiary/aromatic N) is 1. The molecule has 3 nitrogen and oxygen atoms in total. The second-order valence-electron chi connectivity index (χ2n) is 5.02. The molecule has 0 aliphatic heterocycles. The lowest BCUT2D eigenvalue weighted by atomic mass is 9.80. The highest BCUT2D eigenvalue weighted by molar-refractivity contribution is 6.10. The van der Waals surface area contributed by atoms with Crippen LogP contribution in [0.3, 0.4) is 0 Å². The Kier molecular flexibility index (Phi) is 3.03. The van der Waals surface area contributed by atoms with Crippen LogP contribution in [0, 0.1) is 0 Å². The zero-order chi connectivity index (χ0) is 13.2. The minimum atomic E-state index is -0.113. The highest BCUT2D eigenvalue weighted by Crippen LogP contribution is 2.36. The van der Waals surface area contributed by atoms with E-state index in [0.717, 1.165) is 0 Å². The number of carbonyl (C=O) groups excluding carboxylic acids is 1. The molecule has 0 amide bonds. The molecule has 3 heteroatoms. The van der Waals surface area contributed by atoms with Gasteiger partial charge >= 0.3 is 0 Å². The van der Waals surface area contributed by atoms with Gasteiger partial charge in [-0.3, -0.25) is 9.78 Å². The van der Waals surface area contributed by atoms with Crippen molar-refractivity contribution in [3.05, 3.63) is 59.4 Å². The van der Waals surface area contributed by atoms with E-state index >= 15 is 0 Å². The van der Waals surface area contributed by atoms with Crippen molar-refractivity contribution in [3.8, 4) is 0 Å². The first-order chi connectivity index (χ1) is 9.25.